The lowest BCUT2D eigenvalue weighted by Crippen LogP contribution is -1.90. The van der Waals surface area contributed by atoms with E-state index in [1.165, 1.54) is 0 Å². The van der Waals surface area contributed by atoms with Gasteiger partial charge in [-0.2, -0.15) is 0 Å². The first-order valence-corrected chi connectivity index (χ1v) is 4.34. The summed E-state index contributed by atoms with van der Waals surface area (Å²) in [5.41, 5.74) is 1.67. The molecule has 0 saturated heterocycles. The number of hydrogen-bond acceptors (Lipinski definition) is 2. The first kappa shape index (κ1) is 8.75. The van der Waals surface area contributed by atoms with E-state index in [1.54, 1.807) is 25.1 Å². The molecule has 1 aromatic carbocycles. The highest BCUT2D eigenvalue weighted by molar-refractivity contribution is 5.94. The summed E-state index contributed by atoms with van der Waals surface area (Å²) in [5, 5.41) is 0. The average Bonchev–Trinajstić information content (AvgIpc) is 2.71. The zero-order chi connectivity index (χ0) is 9.97. The van der Waals surface area contributed by atoms with E-state index in [2.05, 4.69) is 6.26 Å². The van der Waals surface area contributed by atoms with Gasteiger partial charge in [-0.1, -0.05) is 24.3 Å². The predicted octanol–water partition coefficient (Wildman–Crippen LogP) is 2.95. The molecular formula is C12H9O2. The maximum atomic E-state index is 11.0. The van der Waals surface area contributed by atoms with Gasteiger partial charge in [-0.05, 0) is 19.1 Å². The van der Waals surface area contributed by atoms with Crippen LogP contribution < -0.4 is 0 Å². The minimum absolute atomic E-state index is 0.0718. The summed E-state index contributed by atoms with van der Waals surface area (Å²) < 4.78 is 5.11. The maximum absolute atomic E-state index is 11.0. The largest absolute Gasteiger partial charge is 0.453 e. The molecule has 0 atom stereocenters. The van der Waals surface area contributed by atoms with Gasteiger partial charge < -0.3 is 4.42 Å². The van der Waals surface area contributed by atoms with Crippen molar-refractivity contribution in [3.8, 4) is 11.3 Å². The lowest BCUT2D eigenvalue weighted by Gasteiger charge is -1.98. The normalized spacial score (nSPS) is 10.1. The monoisotopic (exact) mass is 185 g/mol. The standard InChI is InChI=1S/C12H9O2/c1-9(13)10-4-6-11(7-5-10)12-3-2-8-14-12/h2-7H,1H3. The van der Waals surface area contributed by atoms with Crippen LogP contribution in [-0.2, 0) is 0 Å². The Morgan fingerprint density at radius 3 is 2.43 bits per heavy atom. The van der Waals surface area contributed by atoms with Gasteiger partial charge in [-0.3, -0.25) is 4.79 Å². The van der Waals surface area contributed by atoms with Crippen molar-refractivity contribution in [2.75, 3.05) is 0 Å². The number of carbonyl (C=O) groups is 1. The molecule has 0 bridgehead atoms. The summed E-state index contributed by atoms with van der Waals surface area (Å²) >= 11 is 0. The van der Waals surface area contributed by atoms with E-state index in [0.29, 0.717) is 5.56 Å². The average molecular weight is 185 g/mol. The Morgan fingerprint density at radius 1 is 1.21 bits per heavy atom. The van der Waals surface area contributed by atoms with E-state index in [-0.39, 0.29) is 5.78 Å². The first-order chi connectivity index (χ1) is 6.77. The van der Waals surface area contributed by atoms with Crippen molar-refractivity contribution in [3.05, 3.63) is 48.2 Å². The van der Waals surface area contributed by atoms with Crippen LogP contribution in [0.3, 0.4) is 0 Å². The minimum Gasteiger partial charge on any atom is -0.453 e. The fourth-order valence-corrected chi connectivity index (χ4v) is 1.27. The minimum atomic E-state index is 0.0718. The molecule has 1 aromatic heterocycles. The molecule has 69 valence electrons. The quantitative estimate of drug-likeness (QED) is 0.673. The van der Waals surface area contributed by atoms with Gasteiger partial charge in [0.1, 0.15) is 5.76 Å². The Balaban J connectivity index is 2.36. The second-order valence-electron chi connectivity index (χ2n) is 3.05. The molecule has 0 aliphatic carbocycles. The van der Waals surface area contributed by atoms with Crippen molar-refractivity contribution in [3.63, 3.8) is 0 Å². The summed E-state index contributed by atoms with van der Waals surface area (Å²) in [6.45, 7) is 1.55. The molecule has 2 nitrogen and oxygen atoms in total. The molecule has 0 aliphatic rings. The number of furan rings is 1. The van der Waals surface area contributed by atoms with Crippen LogP contribution in [0.2, 0.25) is 0 Å². The van der Waals surface area contributed by atoms with Crippen molar-refractivity contribution in [1.82, 2.24) is 0 Å². The number of carbonyl (C=O) groups excluding carboxylic acids is 1. The molecule has 1 heterocycles. The molecule has 2 aromatic rings. The van der Waals surface area contributed by atoms with Crippen LogP contribution in [0.4, 0.5) is 0 Å². The molecule has 1 radical (unpaired) electrons. The van der Waals surface area contributed by atoms with E-state index in [4.69, 9.17) is 4.42 Å². The van der Waals surface area contributed by atoms with Crippen LogP contribution in [0.15, 0.2) is 40.8 Å². The highest BCUT2D eigenvalue weighted by atomic mass is 16.3. The molecule has 14 heavy (non-hydrogen) atoms. The summed E-state index contributed by atoms with van der Waals surface area (Å²) in [6, 6.07) is 10.9. The molecule has 0 spiro atoms. The van der Waals surface area contributed by atoms with Gasteiger partial charge >= 0.3 is 0 Å². The third-order valence-electron chi connectivity index (χ3n) is 2.05. The second kappa shape index (κ2) is 3.50. The third-order valence-corrected chi connectivity index (χ3v) is 2.05. The zero-order valence-electron chi connectivity index (χ0n) is 7.78. The van der Waals surface area contributed by atoms with Crippen LogP contribution in [0.1, 0.15) is 17.3 Å². The number of rotatable bonds is 2. The van der Waals surface area contributed by atoms with Gasteiger partial charge in [0.2, 0.25) is 0 Å². The number of Topliss-reactive ketones (excluding diaryl/α,β-unsaturated/α-hetero) is 1. The first-order valence-electron chi connectivity index (χ1n) is 4.34. The van der Waals surface area contributed by atoms with Gasteiger partial charge in [-0.15, -0.1) is 0 Å². The topological polar surface area (TPSA) is 30.2 Å². The van der Waals surface area contributed by atoms with Crippen molar-refractivity contribution < 1.29 is 9.21 Å². The van der Waals surface area contributed by atoms with Crippen molar-refractivity contribution in [1.29, 1.82) is 0 Å². The Hall–Kier alpha value is -1.83. The summed E-state index contributed by atoms with van der Waals surface area (Å²) in [4.78, 5) is 11.0. The third kappa shape index (κ3) is 1.59. The van der Waals surface area contributed by atoms with E-state index in [9.17, 15) is 4.79 Å². The molecule has 0 amide bonds. The van der Waals surface area contributed by atoms with Gasteiger partial charge in [0.05, 0.1) is 0 Å². The SMILES string of the molecule is CC(=O)c1ccc(-c2cc[c]o2)cc1. The highest BCUT2D eigenvalue weighted by Gasteiger charge is 2.02. The van der Waals surface area contributed by atoms with E-state index >= 15 is 0 Å². The fourth-order valence-electron chi connectivity index (χ4n) is 1.27. The fraction of sp³-hybridized carbons (Fsp3) is 0.0833. The molecule has 0 unspecified atom stereocenters. The molecule has 0 saturated carbocycles. The zero-order valence-corrected chi connectivity index (χ0v) is 7.78. The number of hydrogen-bond donors (Lipinski definition) is 0. The Morgan fingerprint density at radius 2 is 1.93 bits per heavy atom. The van der Waals surface area contributed by atoms with Gasteiger partial charge in [-0.25, -0.2) is 0 Å². The Kier molecular flexibility index (Phi) is 2.19. The number of benzene rings is 1. The van der Waals surface area contributed by atoms with Crippen LogP contribution in [0.5, 0.6) is 0 Å². The summed E-state index contributed by atoms with van der Waals surface area (Å²) in [7, 11) is 0. The number of ketones is 1. The van der Waals surface area contributed by atoms with Crippen LogP contribution in [0.25, 0.3) is 11.3 Å². The second-order valence-corrected chi connectivity index (χ2v) is 3.05. The molecule has 2 rings (SSSR count). The van der Waals surface area contributed by atoms with Crippen LogP contribution in [-0.4, -0.2) is 5.78 Å². The van der Waals surface area contributed by atoms with Crippen molar-refractivity contribution in [2.24, 2.45) is 0 Å². The lowest BCUT2D eigenvalue weighted by molar-refractivity contribution is 0.101. The molecular weight excluding hydrogens is 176 g/mol. The molecule has 0 N–H and O–H groups in total. The maximum Gasteiger partial charge on any atom is 0.170 e. The van der Waals surface area contributed by atoms with Gasteiger partial charge in [0.25, 0.3) is 0 Å². The van der Waals surface area contributed by atoms with E-state index < -0.39 is 0 Å². The van der Waals surface area contributed by atoms with E-state index in [0.717, 1.165) is 11.3 Å². The van der Waals surface area contributed by atoms with Crippen LogP contribution >= 0.6 is 0 Å². The van der Waals surface area contributed by atoms with Gasteiger partial charge in [0.15, 0.2) is 12.0 Å². The van der Waals surface area contributed by atoms with E-state index in [1.807, 2.05) is 18.2 Å². The predicted molar refractivity (Wildman–Crippen MR) is 53.0 cm³/mol. The highest BCUT2D eigenvalue weighted by Crippen LogP contribution is 2.19. The van der Waals surface area contributed by atoms with Crippen LogP contribution in [0, 0.1) is 6.26 Å². The summed E-state index contributed by atoms with van der Waals surface area (Å²) in [6.07, 6.45) is 2.62. The molecule has 2 heteroatoms. The summed E-state index contributed by atoms with van der Waals surface area (Å²) in [5.74, 6) is 0.836. The lowest BCUT2D eigenvalue weighted by atomic mass is 10.1. The van der Waals surface area contributed by atoms with Gasteiger partial charge in [0, 0.05) is 11.1 Å². The molecule has 0 fully saturated rings. The Bertz CT molecular complexity index is 424. The van der Waals surface area contributed by atoms with Crippen molar-refractivity contribution >= 4 is 5.78 Å². The smallest absolute Gasteiger partial charge is 0.170 e. The Labute approximate surface area is 82.2 Å². The molecule has 0 aliphatic heterocycles. The van der Waals surface area contributed by atoms with Crippen molar-refractivity contribution in [2.45, 2.75) is 6.92 Å².